The molecule has 0 bridgehead atoms. The maximum absolute atomic E-state index is 5.26. The van der Waals surface area contributed by atoms with Gasteiger partial charge in [-0.25, -0.2) is 9.67 Å². The zero-order valence-electron chi connectivity index (χ0n) is 9.96. The molecule has 0 radical (unpaired) electrons. The highest BCUT2D eigenvalue weighted by Gasteiger charge is 2.09. The molecule has 0 aliphatic carbocycles. The van der Waals surface area contributed by atoms with Crippen LogP contribution in [0.3, 0.4) is 0 Å². The van der Waals surface area contributed by atoms with Crippen molar-refractivity contribution in [3.8, 4) is 11.7 Å². The van der Waals surface area contributed by atoms with Gasteiger partial charge in [0.15, 0.2) is 0 Å². The van der Waals surface area contributed by atoms with Crippen molar-refractivity contribution in [1.29, 1.82) is 0 Å². The molecule has 0 unspecified atom stereocenters. The van der Waals surface area contributed by atoms with Crippen molar-refractivity contribution in [2.45, 2.75) is 0 Å². The Kier molecular flexibility index (Phi) is 2.59. The van der Waals surface area contributed by atoms with Crippen LogP contribution in [0, 0.1) is 0 Å². The van der Waals surface area contributed by atoms with Crippen LogP contribution >= 0.6 is 15.9 Å². The molecule has 0 fully saturated rings. The fourth-order valence-corrected chi connectivity index (χ4v) is 2.39. The average molecular weight is 307 g/mol. The predicted molar refractivity (Wildman–Crippen MR) is 72.1 cm³/mol. The fraction of sp³-hybridized carbons (Fsp3) is 0.167. The van der Waals surface area contributed by atoms with Crippen molar-refractivity contribution in [2.75, 3.05) is 7.11 Å². The highest BCUT2D eigenvalue weighted by Crippen LogP contribution is 2.29. The highest BCUT2D eigenvalue weighted by atomic mass is 79.9. The zero-order valence-corrected chi connectivity index (χ0v) is 11.5. The number of hydrogen-bond acceptors (Lipinski definition) is 3. The minimum absolute atomic E-state index is 0.771. The molecule has 5 nitrogen and oxygen atoms in total. The third-order valence-corrected chi connectivity index (χ3v) is 3.40. The summed E-state index contributed by atoms with van der Waals surface area (Å²) in [7, 11) is 3.58. The van der Waals surface area contributed by atoms with E-state index in [2.05, 4.69) is 26.0 Å². The number of imidazole rings is 1. The van der Waals surface area contributed by atoms with E-state index >= 15 is 0 Å². The number of benzene rings is 1. The maximum atomic E-state index is 5.26. The van der Waals surface area contributed by atoms with Crippen LogP contribution in [0.4, 0.5) is 0 Å². The van der Waals surface area contributed by atoms with Crippen molar-refractivity contribution in [1.82, 2.24) is 19.3 Å². The molecule has 0 saturated carbocycles. The number of nitrogens with zero attached hydrogens (tertiary/aromatic N) is 4. The molecule has 3 aromatic rings. The normalized spacial score (nSPS) is 11.1. The zero-order chi connectivity index (χ0) is 12.7. The summed E-state index contributed by atoms with van der Waals surface area (Å²) in [6, 6.07) is 3.89. The van der Waals surface area contributed by atoms with E-state index in [1.54, 1.807) is 18.0 Å². The summed E-state index contributed by atoms with van der Waals surface area (Å²) in [6.45, 7) is 0. The summed E-state index contributed by atoms with van der Waals surface area (Å²) in [5.74, 6) is 1.55. The van der Waals surface area contributed by atoms with Crippen LogP contribution in [-0.2, 0) is 7.05 Å². The lowest BCUT2D eigenvalue weighted by Gasteiger charge is -2.01. The molecule has 2 heterocycles. The standard InChI is InChI=1S/C12H11BrN4O/c1-16-4-3-14-12(16)17-7-8-5-9(13)11(18-2)6-10(8)15-17/h3-7H,1-2H3. The third kappa shape index (κ3) is 1.69. The number of methoxy groups -OCH3 is 1. The van der Waals surface area contributed by atoms with E-state index in [9.17, 15) is 0 Å². The van der Waals surface area contributed by atoms with Gasteiger partial charge in [0, 0.05) is 37.1 Å². The minimum Gasteiger partial charge on any atom is -0.495 e. The summed E-state index contributed by atoms with van der Waals surface area (Å²) in [6.07, 6.45) is 5.58. The molecule has 0 aliphatic rings. The second kappa shape index (κ2) is 4.13. The van der Waals surface area contributed by atoms with Crippen LogP contribution in [0.25, 0.3) is 16.9 Å². The molecule has 0 amide bonds. The number of ether oxygens (including phenoxy) is 1. The number of rotatable bonds is 2. The van der Waals surface area contributed by atoms with Crippen molar-refractivity contribution in [3.63, 3.8) is 0 Å². The van der Waals surface area contributed by atoms with E-state index in [1.807, 2.05) is 36.1 Å². The van der Waals surface area contributed by atoms with Crippen LogP contribution in [0.15, 0.2) is 35.2 Å². The van der Waals surface area contributed by atoms with Gasteiger partial charge in [-0.05, 0) is 22.0 Å². The molecule has 0 spiro atoms. The lowest BCUT2D eigenvalue weighted by molar-refractivity contribution is 0.412. The summed E-state index contributed by atoms with van der Waals surface area (Å²) in [5.41, 5.74) is 0.873. The topological polar surface area (TPSA) is 44.9 Å². The highest BCUT2D eigenvalue weighted by molar-refractivity contribution is 9.10. The quantitative estimate of drug-likeness (QED) is 0.731. The lowest BCUT2D eigenvalue weighted by Crippen LogP contribution is -2.02. The Labute approximate surface area is 112 Å². The average Bonchev–Trinajstić information content (AvgIpc) is 2.93. The van der Waals surface area contributed by atoms with Crippen LogP contribution in [0.1, 0.15) is 0 Å². The van der Waals surface area contributed by atoms with Gasteiger partial charge in [0.2, 0.25) is 5.95 Å². The molecule has 0 atom stereocenters. The number of aromatic nitrogens is 4. The Morgan fingerprint density at radius 2 is 2.17 bits per heavy atom. The Bertz CT molecular complexity index is 716. The summed E-state index contributed by atoms with van der Waals surface area (Å²) in [5, 5.41) is 5.53. The first-order valence-electron chi connectivity index (χ1n) is 5.39. The maximum Gasteiger partial charge on any atom is 0.230 e. The smallest absolute Gasteiger partial charge is 0.230 e. The number of fused-ring (bicyclic) bond motifs is 1. The fourth-order valence-electron chi connectivity index (χ4n) is 1.86. The summed E-state index contributed by atoms with van der Waals surface area (Å²) < 4.78 is 9.85. The van der Waals surface area contributed by atoms with Crippen LogP contribution < -0.4 is 4.74 Å². The van der Waals surface area contributed by atoms with Gasteiger partial charge >= 0.3 is 0 Å². The minimum atomic E-state index is 0.771. The van der Waals surface area contributed by atoms with Gasteiger partial charge < -0.3 is 9.30 Å². The molecule has 2 aromatic heterocycles. The Morgan fingerprint density at radius 3 is 2.83 bits per heavy atom. The van der Waals surface area contributed by atoms with Crippen molar-refractivity contribution >= 4 is 26.8 Å². The van der Waals surface area contributed by atoms with E-state index in [4.69, 9.17) is 4.74 Å². The molecule has 0 N–H and O–H groups in total. The number of halogens is 1. The van der Waals surface area contributed by atoms with Gasteiger partial charge in [-0.15, -0.1) is 0 Å². The van der Waals surface area contributed by atoms with Crippen LogP contribution in [0.2, 0.25) is 0 Å². The molecule has 6 heteroatoms. The van der Waals surface area contributed by atoms with Crippen molar-refractivity contribution in [2.24, 2.45) is 7.05 Å². The molecule has 1 aromatic carbocycles. The van der Waals surface area contributed by atoms with Crippen LogP contribution in [0.5, 0.6) is 5.75 Å². The molecule has 18 heavy (non-hydrogen) atoms. The SMILES string of the molecule is COc1cc2nn(-c3nccn3C)cc2cc1Br. The first-order chi connectivity index (χ1) is 8.69. The van der Waals surface area contributed by atoms with Gasteiger partial charge in [0.05, 0.1) is 17.1 Å². The monoisotopic (exact) mass is 306 g/mol. The Morgan fingerprint density at radius 1 is 1.33 bits per heavy atom. The first-order valence-corrected chi connectivity index (χ1v) is 6.19. The van der Waals surface area contributed by atoms with E-state index in [0.29, 0.717) is 0 Å². The van der Waals surface area contributed by atoms with Gasteiger partial charge in [-0.3, -0.25) is 0 Å². The Balaban J connectivity index is 2.20. The Hall–Kier alpha value is -1.82. The van der Waals surface area contributed by atoms with Crippen molar-refractivity contribution < 1.29 is 4.74 Å². The summed E-state index contributed by atoms with van der Waals surface area (Å²) in [4.78, 5) is 4.27. The molecule has 0 aliphatic heterocycles. The van der Waals surface area contributed by atoms with Gasteiger partial charge in [-0.1, -0.05) is 0 Å². The van der Waals surface area contributed by atoms with E-state index < -0.39 is 0 Å². The van der Waals surface area contributed by atoms with E-state index in [1.165, 1.54) is 0 Å². The second-order valence-electron chi connectivity index (χ2n) is 3.96. The molecular formula is C12H11BrN4O. The third-order valence-electron chi connectivity index (χ3n) is 2.78. The van der Waals surface area contributed by atoms with Crippen molar-refractivity contribution in [3.05, 3.63) is 35.2 Å². The largest absolute Gasteiger partial charge is 0.495 e. The van der Waals surface area contributed by atoms with Gasteiger partial charge in [-0.2, -0.15) is 5.10 Å². The molecule has 3 rings (SSSR count). The van der Waals surface area contributed by atoms with Gasteiger partial charge in [0.25, 0.3) is 0 Å². The second-order valence-corrected chi connectivity index (χ2v) is 4.81. The predicted octanol–water partition coefficient (Wildman–Crippen LogP) is 2.53. The van der Waals surface area contributed by atoms with Crippen LogP contribution in [-0.4, -0.2) is 26.4 Å². The van der Waals surface area contributed by atoms with Gasteiger partial charge in [0.1, 0.15) is 5.75 Å². The lowest BCUT2D eigenvalue weighted by atomic mass is 10.2. The first kappa shape index (κ1) is 11.3. The molecule has 92 valence electrons. The number of hydrogen-bond donors (Lipinski definition) is 0. The summed E-state index contributed by atoms with van der Waals surface area (Å²) >= 11 is 3.47. The van der Waals surface area contributed by atoms with E-state index in [-0.39, 0.29) is 0 Å². The molecule has 0 saturated heterocycles. The number of aryl methyl sites for hydroxylation is 1. The van der Waals surface area contributed by atoms with E-state index in [0.717, 1.165) is 27.1 Å². The molecular weight excluding hydrogens is 296 g/mol.